The molecule has 0 saturated heterocycles. The van der Waals surface area contributed by atoms with Gasteiger partial charge in [0, 0.05) is 43.9 Å². The predicted molar refractivity (Wildman–Crippen MR) is 257 cm³/mol. The molecule has 10 aromatic carbocycles. The van der Waals surface area contributed by atoms with Gasteiger partial charge >= 0.3 is 0 Å². The zero-order chi connectivity index (χ0) is 43.2. The second-order valence-corrected chi connectivity index (χ2v) is 16.1. The van der Waals surface area contributed by atoms with Crippen molar-refractivity contribution in [3.8, 4) is 56.7 Å². The third-order valence-corrected chi connectivity index (χ3v) is 12.5. The van der Waals surface area contributed by atoms with E-state index in [-0.39, 0.29) is 5.69 Å². The van der Waals surface area contributed by atoms with E-state index >= 15 is 0 Å². The van der Waals surface area contributed by atoms with Crippen LogP contribution in [0.4, 0.5) is 17.1 Å². The van der Waals surface area contributed by atoms with Gasteiger partial charge in [0.2, 0.25) is 17.2 Å². The van der Waals surface area contributed by atoms with Gasteiger partial charge in [-0.15, -0.1) is 0 Å². The fourth-order valence-corrected chi connectivity index (χ4v) is 9.50. The lowest BCUT2D eigenvalue weighted by atomic mass is 9.98. The average molecular weight is 833 g/mol. The first-order valence-corrected chi connectivity index (χ1v) is 20.9. The molecule has 0 aliphatic heterocycles. The number of benzene rings is 10. The third-order valence-electron chi connectivity index (χ3n) is 12.5. The molecule has 8 heteroatoms. The van der Waals surface area contributed by atoms with E-state index in [1.165, 1.54) is 10.8 Å². The number of para-hydroxylation sites is 2. The first-order valence-electron chi connectivity index (χ1n) is 20.9. The van der Waals surface area contributed by atoms with Gasteiger partial charge < -0.3 is 39.4 Å². The summed E-state index contributed by atoms with van der Waals surface area (Å²) in [6.07, 6.45) is 0. The van der Waals surface area contributed by atoms with Gasteiger partial charge in [-0.2, -0.15) is 0 Å². The highest BCUT2D eigenvalue weighted by Crippen LogP contribution is 2.58. The van der Waals surface area contributed by atoms with Gasteiger partial charge in [0.25, 0.3) is 0 Å². The maximum absolute atomic E-state index is 11.5. The van der Waals surface area contributed by atoms with Gasteiger partial charge in [0.1, 0.15) is 16.9 Å². The summed E-state index contributed by atoms with van der Waals surface area (Å²) in [5.74, 6) is -4.65. The molecule has 2 aromatic heterocycles. The van der Waals surface area contributed by atoms with Crippen molar-refractivity contribution in [2.75, 3.05) is 4.90 Å². The zero-order valence-corrected chi connectivity index (χ0v) is 33.9. The Hall–Kier alpha value is -8.88. The molecule has 8 nitrogen and oxygen atoms in total. The topological polar surface area (TPSA) is 122 Å². The van der Waals surface area contributed by atoms with Crippen molar-refractivity contribution in [1.29, 1.82) is 0 Å². The number of rotatable bonds is 6. The van der Waals surface area contributed by atoms with Crippen LogP contribution in [-0.2, 0) is 0 Å². The molecular formula is C56H36N2O6. The monoisotopic (exact) mass is 832 g/mol. The lowest BCUT2D eigenvalue weighted by molar-refractivity contribution is 0.329. The quantitative estimate of drug-likeness (QED) is 0.0642. The number of hydrogen-bond donors (Lipinski definition) is 5. The number of aromatic hydroxyl groups is 5. The van der Waals surface area contributed by atoms with Gasteiger partial charge in [-0.1, -0.05) is 133 Å². The highest BCUT2D eigenvalue weighted by Gasteiger charge is 2.30. The molecule has 0 fully saturated rings. The third kappa shape index (κ3) is 5.49. The second kappa shape index (κ2) is 14.1. The van der Waals surface area contributed by atoms with Crippen LogP contribution in [0.15, 0.2) is 192 Å². The Morgan fingerprint density at radius 2 is 0.953 bits per heavy atom. The fourth-order valence-electron chi connectivity index (χ4n) is 9.50. The van der Waals surface area contributed by atoms with E-state index in [2.05, 4.69) is 102 Å². The first kappa shape index (κ1) is 36.9. The molecule has 64 heavy (non-hydrogen) atoms. The van der Waals surface area contributed by atoms with E-state index in [1.807, 2.05) is 91.0 Å². The largest absolute Gasteiger partial charge is 0.503 e. The van der Waals surface area contributed by atoms with E-state index in [9.17, 15) is 25.5 Å². The summed E-state index contributed by atoms with van der Waals surface area (Å²) in [6.45, 7) is 0. The van der Waals surface area contributed by atoms with Crippen molar-refractivity contribution in [3.63, 3.8) is 0 Å². The van der Waals surface area contributed by atoms with Crippen LogP contribution in [0.1, 0.15) is 0 Å². The molecular weight excluding hydrogens is 797 g/mol. The summed E-state index contributed by atoms with van der Waals surface area (Å²) in [5.41, 5.74) is 8.52. The number of anilines is 3. The highest BCUT2D eigenvalue weighted by atomic mass is 16.4. The molecule has 12 rings (SSSR count). The standard InChI is InChI=1S/C56H36N2O6/c59-51-50(52(60)54(62)55(63)53(51)61)57(36-25-22-33(23-26-36)32-12-2-1-3-13-32)37-30-43(56-45(31-37)42-19-9-11-21-49(42)64-56)35-24-27-47-44(28-35)41-18-8-10-20-46(41)58(47)48-29-34-14-4-5-15-38(34)39-16-6-7-17-40(39)48/h1-31,59-63H. The molecule has 2 heterocycles. The van der Waals surface area contributed by atoms with Crippen molar-refractivity contribution in [2.45, 2.75) is 0 Å². The molecule has 5 N–H and O–H groups in total. The minimum atomic E-state index is -1.04. The van der Waals surface area contributed by atoms with E-state index in [0.717, 1.165) is 71.3 Å². The molecule has 0 saturated carbocycles. The first-order chi connectivity index (χ1) is 31.3. The predicted octanol–water partition coefficient (Wildman–Crippen LogP) is 14.3. The average Bonchev–Trinajstić information content (AvgIpc) is 3.89. The highest BCUT2D eigenvalue weighted by molar-refractivity contribution is 6.17. The van der Waals surface area contributed by atoms with Gasteiger partial charge in [-0.05, 0) is 87.4 Å². The van der Waals surface area contributed by atoms with Crippen LogP contribution in [0, 0.1) is 0 Å². The van der Waals surface area contributed by atoms with Gasteiger partial charge in [0.15, 0.2) is 11.5 Å². The zero-order valence-electron chi connectivity index (χ0n) is 33.9. The number of fused-ring (bicyclic) bond motifs is 9. The van der Waals surface area contributed by atoms with E-state index in [0.29, 0.717) is 22.5 Å². The summed E-state index contributed by atoms with van der Waals surface area (Å²) < 4.78 is 9.02. The fraction of sp³-hybridized carbons (Fsp3) is 0. The van der Waals surface area contributed by atoms with Crippen molar-refractivity contribution in [1.82, 2.24) is 4.57 Å². The molecule has 0 atom stereocenters. The van der Waals surface area contributed by atoms with Crippen molar-refractivity contribution in [2.24, 2.45) is 0 Å². The maximum Gasteiger partial charge on any atom is 0.208 e. The Morgan fingerprint density at radius 1 is 0.375 bits per heavy atom. The van der Waals surface area contributed by atoms with Crippen molar-refractivity contribution >= 4 is 82.4 Å². The summed E-state index contributed by atoms with van der Waals surface area (Å²) in [6, 6.07) is 63.0. The van der Waals surface area contributed by atoms with Crippen LogP contribution in [-0.4, -0.2) is 30.1 Å². The SMILES string of the molecule is Oc1c(O)c(O)c(N(c2ccc(-c3ccccc3)cc2)c2cc(-c3ccc4c(c3)c3ccccc3n4-c3cc4ccccc4c4ccccc34)c3oc4ccccc4c3c2)c(O)c1O. The van der Waals surface area contributed by atoms with Crippen LogP contribution >= 0.6 is 0 Å². The van der Waals surface area contributed by atoms with E-state index in [4.69, 9.17) is 4.42 Å². The van der Waals surface area contributed by atoms with Crippen LogP contribution in [0.5, 0.6) is 28.7 Å². The van der Waals surface area contributed by atoms with Crippen LogP contribution in [0.2, 0.25) is 0 Å². The maximum atomic E-state index is 11.5. The lowest BCUT2D eigenvalue weighted by Gasteiger charge is -2.28. The molecule has 0 aliphatic rings. The molecule has 0 spiro atoms. The molecule has 0 bridgehead atoms. The minimum Gasteiger partial charge on any atom is -0.503 e. The summed E-state index contributed by atoms with van der Waals surface area (Å²) in [7, 11) is 0. The molecule has 0 unspecified atom stereocenters. The number of nitrogens with zero attached hydrogens (tertiary/aromatic N) is 2. The number of phenolic OH excluding ortho intramolecular Hbond substituents is 5. The molecule has 0 aliphatic carbocycles. The minimum absolute atomic E-state index is 0.334. The van der Waals surface area contributed by atoms with E-state index < -0.39 is 28.7 Å². The van der Waals surface area contributed by atoms with Crippen LogP contribution in [0.3, 0.4) is 0 Å². The number of aromatic nitrogens is 1. The smallest absolute Gasteiger partial charge is 0.208 e. The normalized spacial score (nSPS) is 11.8. The summed E-state index contributed by atoms with van der Waals surface area (Å²) in [4.78, 5) is 1.55. The molecule has 306 valence electrons. The summed E-state index contributed by atoms with van der Waals surface area (Å²) >= 11 is 0. The Balaban J connectivity index is 1.13. The number of furan rings is 1. The van der Waals surface area contributed by atoms with Gasteiger partial charge in [0.05, 0.1) is 16.7 Å². The Kier molecular flexibility index (Phi) is 8.13. The van der Waals surface area contributed by atoms with Crippen molar-refractivity contribution < 1.29 is 29.9 Å². The van der Waals surface area contributed by atoms with Gasteiger partial charge in [-0.25, -0.2) is 0 Å². The molecule has 12 aromatic rings. The molecule has 0 radical (unpaired) electrons. The lowest BCUT2D eigenvalue weighted by Crippen LogP contribution is -2.11. The Bertz CT molecular complexity index is 3820. The van der Waals surface area contributed by atoms with Crippen LogP contribution < -0.4 is 4.90 Å². The summed E-state index contributed by atoms with van der Waals surface area (Å²) in [5, 5.41) is 63.7. The number of phenols is 5. The van der Waals surface area contributed by atoms with Crippen LogP contribution in [0.25, 0.3) is 93.2 Å². The number of hydrogen-bond acceptors (Lipinski definition) is 7. The molecule has 0 amide bonds. The van der Waals surface area contributed by atoms with Crippen molar-refractivity contribution in [3.05, 3.63) is 188 Å². The van der Waals surface area contributed by atoms with E-state index in [1.54, 1.807) is 4.90 Å². The second-order valence-electron chi connectivity index (χ2n) is 16.1. The Labute approximate surface area is 365 Å². The van der Waals surface area contributed by atoms with Gasteiger partial charge in [-0.3, -0.25) is 0 Å². The Morgan fingerprint density at radius 3 is 1.72 bits per heavy atom.